The van der Waals surface area contributed by atoms with Crippen molar-refractivity contribution in [3.8, 4) is 0 Å². The number of hydrogen-bond acceptors (Lipinski definition) is 1. The number of hydrogen-bond donors (Lipinski definition) is 0. The third-order valence-electron chi connectivity index (χ3n) is 1.73. The van der Waals surface area contributed by atoms with Crippen LogP contribution in [0.3, 0.4) is 0 Å². The van der Waals surface area contributed by atoms with E-state index in [0.29, 0.717) is 5.92 Å². The topological polar surface area (TPSA) is 12.5 Å². The molecule has 0 aliphatic carbocycles. The molecule has 1 heteroatoms. The zero-order valence-electron chi connectivity index (χ0n) is 6.18. The van der Waals surface area contributed by atoms with E-state index in [1.54, 1.807) is 0 Å². The van der Waals surface area contributed by atoms with Gasteiger partial charge in [0.15, 0.2) is 0 Å². The summed E-state index contributed by atoms with van der Waals surface area (Å²) in [5.41, 5.74) is 0. The van der Waals surface area contributed by atoms with Gasteiger partial charge in [0.25, 0.3) is 0 Å². The highest BCUT2D eigenvalue weighted by Crippen LogP contribution is 2.27. The first-order chi connectivity index (χ1) is 4.34. The highest BCUT2D eigenvalue weighted by molar-refractivity contribution is 5.05. The van der Waals surface area contributed by atoms with Crippen LogP contribution in [0.1, 0.15) is 33.1 Å². The molecule has 0 fully saturated rings. The second kappa shape index (κ2) is 2.90. The summed E-state index contributed by atoms with van der Waals surface area (Å²) >= 11 is 0. The first kappa shape index (κ1) is 6.66. The standard InChI is InChI=1S/C8H14O/c1-3-4-5-7(2)8-6-9-8/h6-7H,3-5H2,1-2H3. The van der Waals surface area contributed by atoms with Crippen LogP contribution in [-0.2, 0) is 4.74 Å². The fourth-order valence-corrected chi connectivity index (χ4v) is 0.919. The molecule has 52 valence electrons. The van der Waals surface area contributed by atoms with Gasteiger partial charge in [0.2, 0.25) is 0 Å². The van der Waals surface area contributed by atoms with E-state index in [0.717, 1.165) is 0 Å². The van der Waals surface area contributed by atoms with E-state index in [4.69, 9.17) is 4.74 Å². The Morgan fingerprint density at radius 3 is 2.78 bits per heavy atom. The van der Waals surface area contributed by atoms with Crippen molar-refractivity contribution in [2.24, 2.45) is 5.92 Å². The average Bonchev–Trinajstić information content (AvgIpc) is 2.63. The van der Waals surface area contributed by atoms with Crippen LogP contribution in [-0.4, -0.2) is 0 Å². The number of unbranched alkanes of at least 4 members (excludes halogenated alkanes) is 1. The van der Waals surface area contributed by atoms with Crippen molar-refractivity contribution < 1.29 is 4.74 Å². The van der Waals surface area contributed by atoms with Gasteiger partial charge < -0.3 is 4.74 Å². The van der Waals surface area contributed by atoms with E-state index in [1.165, 1.54) is 25.0 Å². The molecule has 9 heavy (non-hydrogen) atoms. The van der Waals surface area contributed by atoms with Crippen LogP contribution in [0.15, 0.2) is 12.0 Å². The van der Waals surface area contributed by atoms with E-state index in [9.17, 15) is 0 Å². The van der Waals surface area contributed by atoms with Gasteiger partial charge in [-0.3, -0.25) is 0 Å². The van der Waals surface area contributed by atoms with Crippen molar-refractivity contribution in [2.75, 3.05) is 0 Å². The number of ether oxygens (including phenoxy) is 1. The quantitative estimate of drug-likeness (QED) is 0.564. The summed E-state index contributed by atoms with van der Waals surface area (Å²) in [4.78, 5) is 0. The second-order valence-corrected chi connectivity index (χ2v) is 2.68. The molecule has 0 radical (unpaired) electrons. The van der Waals surface area contributed by atoms with Gasteiger partial charge >= 0.3 is 0 Å². The Kier molecular flexibility index (Phi) is 2.15. The highest BCUT2D eigenvalue weighted by Gasteiger charge is 2.17. The van der Waals surface area contributed by atoms with Crippen LogP contribution in [0.5, 0.6) is 0 Å². The summed E-state index contributed by atoms with van der Waals surface area (Å²) in [6, 6.07) is 0. The van der Waals surface area contributed by atoms with Crippen molar-refractivity contribution in [1.82, 2.24) is 0 Å². The van der Waals surface area contributed by atoms with E-state index >= 15 is 0 Å². The van der Waals surface area contributed by atoms with Gasteiger partial charge in [0.1, 0.15) is 12.0 Å². The number of rotatable bonds is 4. The van der Waals surface area contributed by atoms with Gasteiger partial charge in [0.05, 0.1) is 0 Å². The molecular weight excluding hydrogens is 112 g/mol. The van der Waals surface area contributed by atoms with Crippen molar-refractivity contribution in [1.29, 1.82) is 0 Å². The molecule has 1 aliphatic heterocycles. The minimum Gasteiger partial charge on any atom is -0.462 e. The number of allylic oxidation sites excluding steroid dienone is 1. The molecule has 0 saturated carbocycles. The molecule has 0 aromatic heterocycles. The molecular formula is C8H14O. The SMILES string of the molecule is CCCCC(C)C1=CO1. The Labute approximate surface area is 56.7 Å². The third-order valence-corrected chi connectivity index (χ3v) is 1.73. The van der Waals surface area contributed by atoms with Crippen LogP contribution < -0.4 is 0 Å². The predicted octanol–water partition coefficient (Wildman–Crippen LogP) is 2.68. The molecule has 1 unspecified atom stereocenters. The Hall–Kier alpha value is -0.460. The zero-order valence-corrected chi connectivity index (χ0v) is 6.18. The molecule has 0 N–H and O–H groups in total. The molecule has 0 aromatic rings. The summed E-state index contributed by atoms with van der Waals surface area (Å²) in [5, 5.41) is 0. The van der Waals surface area contributed by atoms with Crippen LogP contribution in [0.4, 0.5) is 0 Å². The van der Waals surface area contributed by atoms with Crippen molar-refractivity contribution in [2.45, 2.75) is 33.1 Å². The molecule has 1 nitrogen and oxygen atoms in total. The average molecular weight is 126 g/mol. The van der Waals surface area contributed by atoms with Crippen LogP contribution in [0.2, 0.25) is 0 Å². The van der Waals surface area contributed by atoms with Crippen molar-refractivity contribution >= 4 is 0 Å². The molecule has 0 bridgehead atoms. The Bertz CT molecular complexity index is 116. The lowest BCUT2D eigenvalue weighted by Crippen LogP contribution is -1.90. The molecule has 0 saturated heterocycles. The van der Waals surface area contributed by atoms with Gasteiger partial charge in [0, 0.05) is 5.92 Å². The van der Waals surface area contributed by atoms with Crippen LogP contribution in [0.25, 0.3) is 0 Å². The highest BCUT2D eigenvalue weighted by atomic mass is 16.5. The molecule has 1 atom stereocenters. The lowest BCUT2D eigenvalue weighted by atomic mass is 10.0. The fraction of sp³-hybridized carbons (Fsp3) is 0.750. The summed E-state index contributed by atoms with van der Waals surface area (Å²) < 4.78 is 4.96. The molecule has 1 rings (SSSR count). The van der Waals surface area contributed by atoms with E-state index in [-0.39, 0.29) is 0 Å². The normalized spacial score (nSPS) is 18.2. The van der Waals surface area contributed by atoms with E-state index < -0.39 is 0 Å². The second-order valence-electron chi connectivity index (χ2n) is 2.68. The first-order valence-electron chi connectivity index (χ1n) is 3.71. The molecule has 1 heterocycles. The maximum Gasteiger partial charge on any atom is 0.141 e. The fourth-order valence-electron chi connectivity index (χ4n) is 0.919. The Balaban J connectivity index is 2.04. The van der Waals surface area contributed by atoms with Gasteiger partial charge in [-0.05, 0) is 6.42 Å². The third kappa shape index (κ3) is 2.08. The summed E-state index contributed by atoms with van der Waals surface area (Å²) in [5.74, 6) is 1.87. The van der Waals surface area contributed by atoms with E-state index in [2.05, 4.69) is 13.8 Å². The lowest BCUT2D eigenvalue weighted by molar-refractivity contribution is 0.417. The molecule has 0 aromatic carbocycles. The first-order valence-corrected chi connectivity index (χ1v) is 3.71. The minimum absolute atomic E-state index is 0.671. The van der Waals surface area contributed by atoms with Crippen molar-refractivity contribution in [3.63, 3.8) is 0 Å². The zero-order chi connectivity index (χ0) is 6.69. The summed E-state index contributed by atoms with van der Waals surface area (Å²) in [6.45, 7) is 4.43. The van der Waals surface area contributed by atoms with Crippen LogP contribution in [0, 0.1) is 5.92 Å². The molecule has 0 amide bonds. The monoisotopic (exact) mass is 126 g/mol. The van der Waals surface area contributed by atoms with Crippen LogP contribution >= 0.6 is 0 Å². The smallest absolute Gasteiger partial charge is 0.141 e. The maximum absolute atomic E-state index is 4.96. The molecule has 0 spiro atoms. The lowest BCUT2D eigenvalue weighted by Gasteiger charge is -2.01. The van der Waals surface area contributed by atoms with Crippen molar-refractivity contribution in [3.05, 3.63) is 12.0 Å². The largest absolute Gasteiger partial charge is 0.462 e. The Morgan fingerprint density at radius 1 is 1.67 bits per heavy atom. The Morgan fingerprint density at radius 2 is 2.33 bits per heavy atom. The van der Waals surface area contributed by atoms with Gasteiger partial charge in [-0.15, -0.1) is 0 Å². The molecule has 1 aliphatic rings. The minimum atomic E-state index is 0.671. The predicted molar refractivity (Wildman–Crippen MR) is 37.9 cm³/mol. The van der Waals surface area contributed by atoms with E-state index in [1.807, 2.05) is 6.26 Å². The van der Waals surface area contributed by atoms with Gasteiger partial charge in [-0.1, -0.05) is 26.7 Å². The van der Waals surface area contributed by atoms with Gasteiger partial charge in [-0.25, -0.2) is 0 Å². The summed E-state index contributed by atoms with van der Waals surface area (Å²) in [7, 11) is 0. The maximum atomic E-state index is 4.96. The summed E-state index contributed by atoms with van der Waals surface area (Å²) in [6.07, 6.45) is 5.74. The van der Waals surface area contributed by atoms with Gasteiger partial charge in [-0.2, -0.15) is 0 Å².